The van der Waals surface area contributed by atoms with Gasteiger partial charge in [-0.15, -0.1) is 0 Å². The molecule has 0 fully saturated rings. The highest BCUT2D eigenvalue weighted by atomic mass is 19.1. The summed E-state index contributed by atoms with van der Waals surface area (Å²) in [5.74, 6) is -0.597. The highest BCUT2D eigenvalue weighted by Crippen LogP contribution is 2.19. The Morgan fingerprint density at radius 3 is 2.00 bits per heavy atom. The molecule has 0 aromatic heterocycles. The molecule has 0 radical (unpaired) electrons. The zero-order valence-electron chi connectivity index (χ0n) is 13.7. The molecule has 1 N–H and O–H groups in total. The quantitative estimate of drug-likeness (QED) is 0.548. The molecule has 0 bridgehead atoms. The van der Waals surface area contributed by atoms with E-state index < -0.39 is 0 Å². The highest BCUT2D eigenvalue weighted by Gasteiger charge is 2.06. The lowest BCUT2D eigenvalue weighted by atomic mass is 10.0. The lowest BCUT2D eigenvalue weighted by molar-refractivity contribution is 0.0955. The molecule has 0 unspecified atom stereocenters. The predicted octanol–water partition coefficient (Wildman–Crippen LogP) is 4.65. The molecule has 3 aromatic rings. The Balaban J connectivity index is 1.69. The van der Waals surface area contributed by atoms with Crippen molar-refractivity contribution in [2.75, 3.05) is 0 Å². The first kappa shape index (κ1) is 16.6. The predicted molar refractivity (Wildman–Crippen MR) is 98.0 cm³/mol. The fraction of sp³-hybridized carbons (Fsp3) is 0.0476. The van der Waals surface area contributed by atoms with Gasteiger partial charge in [0, 0.05) is 5.56 Å². The van der Waals surface area contributed by atoms with Gasteiger partial charge in [-0.3, -0.25) is 4.79 Å². The minimum atomic E-state index is -0.306. The van der Waals surface area contributed by atoms with Gasteiger partial charge in [-0.1, -0.05) is 54.6 Å². The second kappa shape index (κ2) is 7.53. The number of rotatable bonds is 4. The second-order valence-corrected chi connectivity index (χ2v) is 5.59. The van der Waals surface area contributed by atoms with Crippen molar-refractivity contribution in [3.8, 4) is 11.1 Å². The Hall–Kier alpha value is -3.27. The van der Waals surface area contributed by atoms with Crippen LogP contribution in [0.25, 0.3) is 11.1 Å². The van der Waals surface area contributed by atoms with E-state index in [2.05, 4.69) is 10.5 Å². The van der Waals surface area contributed by atoms with Crippen LogP contribution in [0.5, 0.6) is 0 Å². The summed E-state index contributed by atoms with van der Waals surface area (Å²) in [6.07, 6.45) is 0. The van der Waals surface area contributed by atoms with Crippen LogP contribution in [0.2, 0.25) is 0 Å². The average Bonchev–Trinajstić information content (AvgIpc) is 2.67. The summed E-state index contributed by atoms with van der Waals surface area (Å²) in [4.78, 5) is 12.2. The molecule has 124 valence electrons. The van der Waals surface area contributed by atoms with Gasteiger partial charge in [0.05, 0.1) is 5.71 Å². The van der Waals surface area contributed by atoms with Crippen molar-refractivity contribution < 1.29 is 9.18 Å². The number of hydrazone groups is 1. The maximum Gasteiger partial charge on any atom is 0.271 e. The first-order valence-electron chi connectivity index (χ1n) is 7.89. The van der Waals surface area contributed by atoms with E-state index in [9.17, 15) is 9.18 Å². The van der Waals surface area contributed by atoms with E-state index in [1.807, 2.05) is 42.5 Å². The summed E-state index contributed by atoms with van der Waals surface area (Å²) < 4.78 is 12.9. The summed E-state index contributed by atoms with van der Waals surface area (Å²) in [6.45, 7) is 1.76. The number of hydrogen-bond donors (Lipinski definition) is 1. The molecule has 0 heterocycles. The fourth-order valence-electron chi connectivity index (χ4n) is 2.40. The Morgan fingerprint density at radius 1 is 0.800 bits per heavy atom. The smallest absolute Gasteiger partial charge is 0.267 e. The van der Waals surface area contributed by atoms with E-state index in [0.717, 1.165) is 16.7 Å². The van der Waals surface area contributed by atoms with Crippen molar-refractivity contribution in [1.29, 1.82) is 0 Å². The van der Waals surface area contributed by atoms with E-state index in [-0.39, 0.29) is 11.7 Å². The first-order chi connectivity index (χ1) is 12.1. The van der Waals surface area contributed by atoms with E-state index in [1.54, 1.807) is 31.2 Å². The number of hydrogen-bond acceptors (Lipinski definition) is 2. The third-order valence-electron chi connectivity index (χ3n) is 3.84. The molecule has 3 aromatic carbocycles. The number of carbonyl (C=O) groups excluding carboxylic acids is 1. The van der Waals surface area contributed by atoms with Crippen LogP contribution in [0, 0.1) is 5.82 Å². The van der Waals surface area contributed by atoms with Crippen LogP contribution >= 0.6 is 0 Å². The van der Waals surface area contributed by atoms with E-state index in [0.29, 0.717) is 11.3 Å². The number of carbonyl (C=O) groups is 1. The largest absolute Gasteiger partial charge is 0.271 e. The highest BCUT2D eigenvalue weighted by molar-refractivity contribution is 6.00. The van der Waals surface area contributed by atoms with E-state index >= 15 is 0 Å². The number of benzene rings is 3. The molecule has 3 nitrogen and oxygen atoms in total. The van der Waals surface area contributed by atoms with Crippen molar-refractivity contribution in [3.05, 3.63) is 95.8 Å². The fourth-order valence-corrected chi connectivity index (χ4v) is 2.40. The van der Waals surface area contributed by atoms with Gasteiger partial charge in [-0.25, -0.2) is 9.82 Å². The summed E-state index contributed by atoms with van der Waals surface area (Å²) in [5, 5.41) is 4.08. The molecule has 0 spiro atoms. The maximum atomic E-state index is 12.9. The van der Waals surface area contributed by atoms with Crippen molar-refractivity contribution in [1.82, 2.24) is 5.43 Å². The van der Waals surface area contributed by atoms with Crippen LogP contribution in [0.4, 0.5) is 4.39 Å². The van der Waals surface area contributed by atoms with Crippen molar-refractivity contribution in [2.45, 2.75) is 6.92 Å². The Labute approximate surface area is 145 Å². The zero-order valence-corrected chi connectivity index (χ0v) is 13.7. The minimum absolute atomic E-state index is 0.291. The molecule has 4 heteroatoms. The topological polar surface area (TPSA) is 41.5 Å². The molecule has 3 rings (SSSR count). The molecule has 1 amide bonds. The first-order valence-corrected chi connectivity index (χ1v) is 7.89. The Morgan fingerprint density at radius 2 is 1.36 bits per heavy atom. The normalized spacial score (nSPS) is 11.2. The SMILES string of the molecule is C/C(=N\NC(=O)c1ccc(-c2ccccc2)cc1)c1ccc(F)cc1. The minimum Gasteiger partial charge on any atom is -0.267 e. The molecule has 0 saturated carbocycles. The molecule has 0 aliphatic rings. The third-order valence-corrected chi connectivity index (χ3v) is 3.84. The lowest BCUT2D eigenvalue weighted by Crippen LogP contribution is -2.19. The maximum absolute atomic E-state index is 12.9. The van der Waals surface area contributed by atoms with E-state index in [1.165, 1.54) is 12.1 Å². The van der Waals surface area contributed by atoms with Crippen molar-refractivity contribution in [3.63, 3.8) is 0 Å². The van der Waals surface area contributed by atoms with Crippen LogP contribution < -0.4 is 5.43 Å². The molecule has 0 atom stereocenters. The molecule has 0 saturated heterocycles. The van der Waals surface area contributed by atoms with E-state index in [4.69, 9.17) is 0 Å². The van der Waals surface area contributed by atoms with Gasteiger partial charge in [0.15, 0.2) is 0 Å². The van der Waals surface area contributed by atoms with Crippen LogP contribution in [0.3, 0.4) is 0 Å². The summed E-state index contributed by atoms with van der Waals surface area (Å²) >= 11 is 0. The monoisotopic (exact) mass is 332 g/mol. The van der Waals surface area contributed by atoms with Crippen LogP contribution in [-0.2, 0) is 0 Å². The second-order valence-electron chi connectivity index (χ2n) is 5.59. The average molecular weight is 332 g/mol. The van der Waals surface area contributed by atoms with Gasteiger partial charge in [0.1, 0.15) is 5.82 Å². The molecular formula is C21H17FN2O. The van der Waals surface area contributed by atoms with Crippen LogP contribution in [0.1, 0.15) is 22.8 Å². The lowest BCUT2D eigenvalue weighted by Gasteiger charge is -2.05. The van der Waals surface area contributed by atoms with Gasteiger partial charge in [-0.2, -0.15) is 5.10 Å². The Bertz CT molecular complexity index is 885. The van der Waals surface area contributed by atoms with Crippen molar-refractivity contribution >= 4 is 11.6 Å². The standard InChI is InChI=1S/C21H17FN2O/c1-15(16-11-13-20(22)14-12-16)23-24-21(25)19-9-7-18(8-10-19)17-5-3-2-4-6-17/h2-14H,1H3,(H,24,25)/b23-15+. The van der Waals surface area contributed by atoms with Crippen LogP contribution in [0.15, 0.2) is 84.0 Å². The summed E-state index contributed by atoms with van der Waals surface area (Å²) in [6, 6.07) is 23.2. The van der Waals surface area contributed by atoms with Crippen LogP contribution in [-0.4, -0.2) is 11.6 Å². The molecule has 0 aliphatic heterocycles. The molecule has 25 heavy (non-hydrogen) atoms. The van der Waals surface area contributed by atoms with Gasteiger partial charge in [0.25, 0.3) is 5.91 Å². The number of amides is 1. The van der Waals surface area contributed by atoms with Gasteiger partial charge >= 0.3 is 0 Å². The Kier molecular flexibility index (Phi) is 5.00. The molecule has 0 aliphatic carbocycles. The van der Waals surface area contributed by atoms with Gasteiger partial charge in [0.2, 0.25) is 0 Å². The number of halogens is 1. The van der Waals surface area contributed by atoms with Gasteiger partial charge < -0.3 is 0 Å². The van der Waals surface area contributed by atoms with Crippen molar-refractivity contribution in [2.24, 2.45) is 5.10 Å². The molecular weight excluding hydrogens is 315 g/mol. The number of nitrogens with one attached hydrogen (secondary N) is 1. The number of nitrogens with zero attached hydrogens (tertiary/aromatic N) is 1. The summed E-state index contributed by atoms with van der Waals surface area (Å²) in [5.41, 5.74) is 6.55. The summed E-state index contributed by atoms with van der Waals surface area (Å²) in [7, 11) is 0. The third kappa shape index (κ3) is 4.18. The zero-order chi connectivity index (χ0) is 17.6. The van der Waals surface area contributed by atoms with Gasteiger partial charge in [-0.05, 0) is 47.9 Å².